The van der Waals surface area contributed by atoms with Crippen molar-refractivity contribution in [3.63, 3.8) is 0 Å². The maximum Gasteiger partial charge on any atom is 0.273 e. The van der Waals surface area contributed by atoms with Crippen molar-refractivity contribution in [1.29, 1.82) is 0 Å². The summed E-state index contributed by atoms with van der Waals surface area (Å²) in [5, 5.41) is 12.3. The van der Waals surface area contributed by atoms with Crippen molar-refractivity contribution in [3.05, 3.63) is 78.5 Å². The van der Waals surface area contributed by atoms with Gasteiger partial charge >= 0.3 is 0 Å². The lowest BCUT2D eigenvalue weighted by atomic mass is 10.2. The number of thioether (sulfide) groups is 1. The van der Waals surface area contributed by atoms with Gasteiger partial charge in [-0.3, -0.25) is 9.36 Å². The van der Waals surface area contributed by atoms with E-state index in [4.69, 9.17) is 4.42 Å². The van der Waals surface area contributed by atoms with Crippen LogP contribution in [0.3, 0.4) is 0 Å². The fourth-order valence-corrected chi connectivity index (χ4v) is 3.70. The summed E-state index contributed by atoms with van der Waals surface area (Å²) in [4.78, 5) is 16.4. The predicted molar refractivity (Wildman–Crippen MR) is 115 cm³/mol. The van der Waals surface area contributed by atoms with Gasteiger partial charge in [0.05, 0.1) is 5.75 Å². The molecule has 0 bridgehead atoms. The molecule has 0 aliphatic rings. The van der Waals surface area contributed by atoms with Gasteiger partial charge in [-0.2, -0.15) is 0 Å². The second-order valence-corrected chi connectivity index (χ2v) is 7.83. The third-order valence-corrected chi connectivity index (χ3v) is 5.12. The number of benzene rings is 2. The molecule has 0 saturated heterocycles. The molecule has 0 fully saturated rings. The average Bonchev–Trinajstić information content (AvgIpc) is 3.40. The molecule has 2 aromatic carbocycles. The number of nitrogens with one attached hydrogen (secondary N) is 1. The van der Waals surface area contributed by atoms with Gasteiger partial charge in [-0.25, -0.2) is 4.98 Å². The summed E-state index contributed by atoms with van der Waals surface area (Å²) in [6.07, 6.45) is 1.38. The molecule has 1 amide bonds. The fourth-order valence-electron chi connectivity index (χ4n) is 2.89. The molecule has 0 aliphatic heterocycles. The summed E-state index contributed by atoms with van der Waals surface area (Å²) in [5.74, 6) is 1.39. The Bertz CT molecular complexity index is 1120. The topological polar surface area (TPSA) is 85.8 Å². The van der Waals surface area contributed by atoms with E-state index in [1.165, 1.54) is 18.0 Å². The van der Waals surface area contributed by atoms with Crippen molar-refractivity contribution < 1.29 is 9.21 Å². The summed E-state index contributed by atoms with van der Waals surface area (Å²) in [6.45, 7) is 3.80. The zero-order valence-corrected chi connectivity index (χ0v) is 17.5. The van der Waals surface area contributed by atoms with Crippen LogP contribution in [0.2, 0.25) is 0 Å². The second kappa shape index (κ2) is 8.96. The average molecular weight is 420 g/mol. The van der Waals surface area contributed by atoms with Crippen LogP contribution < -0.4 is 5.32 Å². The summed E-state index contributed by atoms with van der Waals surface area (Å²) in [7, 11) is 0. The van der Waals surface area contributed by atoms with Gasteiger partial charge in [-0.05, 0) is 26.0 Å². The van der Waals surface area contributed by atoms with E-state index in [2.05, 4.69) is 20.5 Å². The Morgan fingerprint density at radius 1 is 1.07 bits per heavy atom. The first-order valence-electron chi connectivity index (χ1n) is 9.56. The van der Waals surface area contributed by atoms with Crippen molar-refractivity contribution >= 4 is 17.7 Å². The van der Waals surface area contributed by atoms with Crippen LogP contribution in [0.4, 0.5) is 0 Å². The molecule has 0 unspecified atom stereocenters. The van der Waals surface area contributed by atoms with Crippen molar-refractivity contribution in [1.82, 2.24) is 25.1 Å². The Labute approximate surface area is 178 Å². The molecule has 0 radical (unpaired) electrons. The number of oxazole rings is 1. The Kier molecular flexibility index (Phi) is 5.94. The number of hydrogen-bond acceptors (Lipinski definition) is 6. The fraction of sp³-hybridized carbons (Fsp3) is 0.182. The highest BCUT2D eigenvalue weighted by Gasteiger charge is 2.18. The quantitative estimate of drug-likeness (QED) is 0.448. The molecule has 0 saturated carbocycles. The Hall–Kier alpha value is -3.39. The first-order chi connectivity index (χ1) is 14.6. The smallest absolute Gasteiger partial charge is 0.273 e. The number of hydrogen-bond donors (Lipinski definition) is 1. The standard InChI is InChI=1S/C22H21N5O2S/c1-15(2)23-21(28)18-13-29-19(24-18)14-30-22-26-25-20(16-9-5-3-6-10-16)27(22)17-11-7-4-8-12-17/h3-13,15H,14H2,1-2H3,(H,23,28). The highest BCUT2D eigenvalue weighted by Crippen LogP contribution is 2.29. The molecule has 4 rings (SSSR count). The zero-order chi connectivity index (χ0) is 20.9. The van der Waals surface area contributed by atoms with Gasteiger partial charge < -0.3 is 9.73 Å². The first-order valence-corrected chi connectivity index (χ1v) is 10.5. The molecule has 0 atom stereocenters. The zero-order valence-electron chi connectivity index (χ0n) is 16.6. The van der Waals surface area contributed by atoms with E-state index in [-0.39, 0.29) is 17.6 Å². The predicted octanol–water partition coefficient (Wildman–Crippen LogP) is 4.35. The van der Waals surface area contributed by atoms with Crippen LogP contribution in [0.1, 0.15) is 30.2 Å². The van der Waals surface area contributed by atoms with Crippen molar-refractivity contribution in [2.24, 2.45) is 0 Å². The second-order valence-electron chi connectivity index (χ2n) is 6.89. The summed E-state index contributed by atoms with van der Waals surface area (Å²) in [5.41, 5.74) is 2.21. The summed E-state index contributed by atoms with van der Waals surface area (Å²) < 4.78 is 7.49. The van der Waals surface area contributed by atoms with Crippen LogP contribution in [-0.4, -0.2) is 31.7 Å². The monoisotopic (exact) mass is 419 g/mol. The summed E-state index contributed by atoms with van der Waals surface area (Å²) in [6, 6.07) is 19.9. The molecule has 30 heavy (non-hydrogen) atoms. The van der Waals surface area contributed by atoms with Gasteiger partial charge in [0.15, 0.2) is 16.7 Å². The molecular formula is C22H21N5O2S. The molecule has 0 spiro atoms. The number of nitrogens with zero attached hydrogens (tertiary/aromatic N) is 4. The number of aromatic nitrogens is 4. The molecule has 152 valence electrons. The Balaban J connectivity index is 1.59. The lowest BCUT2D eigenvalue weighted by Crippen LogP contribution is -2.30. The molecule has 2 heterocycles. The van der Waals surface area contributed by atoms with E-state index in [9.17, 15) is 4.79 Å². The molecule has 1 N–H and O–H groups in total. The number of para-hydroxylation sites is 1. The minimum Gasteiger partial charge on any atom is -0.447 e. The maximum absolute atomic E-state index is 12.1. The molecule has 7 nitrogen and oxygen atoms in total. The van der Waals surface area contributed by atoms with Gasteiger partial charge in [-0.1, -0.05) is 60.3 Å². The van der Waals surface area contributed by atoms with Gasteiger partial charge in [-0.15, -0.1) is 10.2 Å². The van der Waals surface area contributed by atoms with E-state index < -0.39 is 0 Å². The van der Waals surface area contributed by atoms with Crippen LogP contribution in [0.15, 0.2) is 76.5 Å². The first kappa shape index (κ1) is 19.9. The minimum atomic E-state index is -0.246. The SMILES string of the molecule is CC(C)NC(=O)c1coc(CSc2nnc(-c3ccccc3)n2-c2ccccc2)n1. The van der Waals surface area contributed by atoms with E-state index in [0.29, 0.717) is 16.8 Å². The van der Waals surface area contributed by atoms with Crippen LogP contribution in [0, 0.1) is 0 Å². The Morgan fingerprint density at radius 3 is 2.47 bits per heavy atom. The minimum absolute atomic E-state index is 0.0351. The maximum atomic E-state index is 12.1. The van der Waals surface area contributed by atoms with Gasteiger partial charge in [0.1, 0.15) is 6.26 Å². The van der Waals surface area contributed by atoms with Crippen LogP contribution >= 0.6 is 11.8 Å². The van der Waals surface area contributed by atoms with Crippen LogP contribution in [0.5, 0.6) is 0 Å². The van der Waals surface area contributed by atoms with Gasteiger partial charge in [0.2, 0.25) is 5.89 Å². The lowest BCUT2D eigenvalue weighted by molar-refractivity contribution is 0.0938. The van der Waals surface area contributed by atoms with E-state index in [0.717, 1.165) is 17.1 Å². The lowest BCUT2D eigenvalue weighted by Gasteiger charge is -2.09. The third kappa shape index (κ3) is 4.44. The van der Waals surface area contributed by atoms with Gasteiger partial charge in [0, 0.05) is 17.3 Å². The number of amides is 1. The van der Waals surface area contributed by atoms with E-state index >= 15 is 0 Å². The van der Waals surface area contributed by atoms with Crippen LogP contribution in [0.25, 0.3) is 17.1 Å². The molecule has 4 aromatic rings. The van der Waals surface area contributed by atoms with Crippen molar-refractivity contribution in [2.75, 3.05) is 0 Å². The largest absolute Gasteiger partial charge is 0.447 e. The van der Waals surface area contributed by atoms with Crippen molar-refractivity contribution in [3.8, 4) is 17.1 Å². The third-order valence-electron chi connectivity index (χ3n) is 4.21. The van der Waals surface area contributed by atoms with E-state index in [1.54, 1.807) is 0 Å². The molecular weight excluding hydrogens is 398 g/mol. The molecule has 2 aromatic heterocycles. The van der Waals surface area contributed by atoms with Crippen molar-refractivity contribution in [2.45, 2.75) is 30.8 Å². The number of carbonyl (C=O) groups is 1. The normalized spacial score (nSPS) is 11.0. The summed E-state index contributed by atoms with van der Waals surface area (Å²) >= 11 is 1.45. The highest BCUT2D eigenvalue weighted by atomic mass is 32.2. The molecule has 0 aliphatic carbocycles. The highest BCUT2D eigenvalue weighted by molar-refractivity contribution is 7.98. The van der Waals surface area contributed by atoms with Gasteiger partial charge in [0.25, 0.3) is 5.91 Å². The van der Waals surface area contributed by atoms with Crippen LogP contribution in [-0.2, 0) is 5.75 Å². The Morgan fingerprint density at radius 2 is 1.77 bits per heavy atom. The van der Waals surface area contributed by atoms with E-state index in [1.807, 2.05) is 79.1 Å². The number of rotatable bonds is 7. The molecule has 8 heteroatoms. The number of carbonyl (C=O) groups excluding carboxylic acids is 1.